The third-order valence-corrected chi connectivity index (χ3v) is 3.89. The third kappa shape index (κ3) is 1.17. The molecule has 0 aliphatic carbocycles. The predicted octanol–water partition coefficient (Wildman–Crippen LogP) is 3.51. The van der Waals surface area contributed by atoms with Crippen molar-refractivity contribution in [3.63, 3.8) is 0 Å². The van der Waals surface area contributed by atoms with Crippen LogP contribution in [-0.4, -0.2) is 0 Å². The molecule has 0 fully saturated rings. The van der Waals surface area contributed by atoms with Crippen LogP contribution < -0.4 is 5.73 Å². The van der Waals surface area contributed by atoms with Gasteiger partial charge in [-0.15, -0.1) is 11.3 Å². The largest absolute Gasteiger partial charge is 0.398 e. The van der Waals surface area contributed by atoms with Gasteiger partial charge in [-0.25, -0.2) is 0 Å². The molecule has 0 saturated carbocycles. The summed E-state index contributed by atoms with van der Waals surface area (Å²) >= 11 is 1.67. The quantitative estimate of drug-likeness (QED) is 0.594. The molecule has 0 aliphatic rings. The summed E-state index contributed by atoms with van der Waals surface area (Å²) in [4.78, 5) is 0. The number of nitriles is 1. The highest BCUT2D eigenvalue weighted by atomic mass is 32.1. The fraction of sp³-hybridized carbons (Fsp3) is 0. The molecule has 3 rings (SSSR count). The Bertz CT molecular complexity index is 735. The number of hydrogen-bond acceptors (Lipinski definition) is 3. The Morgan fingerprint density at radius 3 is 2.81 bits per heavy atom. The van der Waals surface area contributed by atoms with Crippen molar-refractivity contribution in [2.45, 2.75) is 0 Å². The molecule has 0 bridgehead atoms. The maximum atomic E-state index is 8.89. The van der Waals surface area contributed by atoms with Crippen LogP contribution in [0, 0.1) is 11.3 Å². The van der Waals surface area contributed by atoms with Crippen LogP contribution in [0.15, 0.2) is 36.4 Å². The molecule has 0 saturated heterocycles. The molecule has 0 aliphatic heterocycles. The standard InChI is InChI=1S/C13H8N2S/c14-7-8-4-5-12-10(6-8)9-2-1-3-11(15)13(9)16-12/h1-6H,15H2. The lowest BCUT2D eigenvalue weighted by Gasteiger charge is -1.94. The number of nitrogens with zero attached hydrogens (tertiary/aromatic N) is 1. The first kappa shape index (κ1) is 9.20. The lowest BCUT2D eigenvalue weighted by molar-refractivity contribution is 1.50. The normalized spacial score (nSPS) is 10.7. The van der Waals surface area contributed by atoms with Crippen LogP contribution in [0.3, 0.4) is 0 Å². The summed E-state index contributed by atoms with van der Waals surface area (Å²) in [6.45, 7) is 0. The van der Waals surface area contributed by atoms with Gasteiger partial charge in [0.1, 0.15) is 0 Å². The van der Waals surface area contributed by atoms with Crippen molar-refractivity contribution in [3.8, 4) is 6.07 Å². The molecular weight excluding hydrogens is 216 g/mol. The van der Waals surface area contributed by atoms with E-state index in [9.17, 15) is 0 Å². The second-order valence-electron chi connectivity index (χ2n) is 3.65. The summed E-state index contributed by atoms with van der Waals surface area (Å²) in [6.07, 6.45) is 0. The van der Waals surface area contributed by atoms with E-state index in [1.54, 1.807) is 11.3 Å². The first-order valence-electron chi connectivity index (χ1n) is 4.90. The fourth-order valence-corrected chi connectivity index (χ4v) is 3.00. The lowest BCUT2D eigenvalue weighted by Crippen LogP contribution is -1.82. The van der Waals surface area contributed by atoms with Crippen molar-refractivity contribution in [2.75, 3.05) is 5.73 Å². The number of rotatable bonds is 0. The van der Waals surface area contributed by atoms with Crippen LogP contribution >= 0.6 is 11.3 Å². The van der Waals surface area contributed by atoms with E-state index in [-0.39, 0.29) is 0 Å². The van der Waals surface area contributed by atoms with Crippen molar-refractivity contribution in [1.29, 1.82) is 5.26 Å². The summed E-state index contributed by atoms with van der Waals surface area (Å²) in [5.74, 6) is 0. The minimum Gasteiger partial charge on any atom is -0.398 e. The SMILES string of the molecule is N#Cc1ccc2sc3c(N)cccc3c2c1. The Morgan fingerprint density at radius 1 is 1.12 bits per heavy atom. The molecule has 2 aromatic carbocycles. The highest BCUT2D eigenvalue weighted by molar-refractivity contribution is 7.26. The first-order chi connectivity index (χ1) is 7.79. The molecule has 1 aromatic heterocycles. The Labute approximate surface area is 96.5 Å². The molecule has 0 amide bonds. The predicted molar refractivity (Wildman–Crippen MR) is 68.5 cm³/mol. The fourth-order valence-electron chi connectivity index (χ4n) is 1.89. The molecule has 3 aromatic rings. The first-order valence-corrected chi connectivity index (χ1v) is 5.72. The van der Waals surface area contributed by atoms with Gasteiger partial charge in [-0.1, -0.05) is 12.1 Å². The summed E-state index contributed by atoms with van der Waals surface area (Å²) in [5, 5.41) is 11.1. The Hall–Kier alpha value is -2.05. The Morgan fingerprint density at radius 2 is 2.00 bits per heavy atom. The van der Waals surface area contributed by atoms with Gasteiger partial charge in [0.05, 0.1) is 16.3 Å². The average molecular weight is 224 g/mol. The molecule has 3 heteroatoms. The van der Waals surface area contributed by atoms with E-state index < -0.39 is 0 Å². The van der Waals surface area contributed by atoms with Crippen LogP contribution in [-0.2, 0) is 0 Å². The second kappa shape index (κ2) is 3.22. The summed E-state index contributed by atoms with van der Waals surface area (Å²) < 4.78 is 2.28. The molecule has 0 unspecified atom stereocenters. The van der Waals surface area contributed by atoms with Gasteiger partial charge in [-0.3, -0.25) is 0 Å². The van der Waals surface area contributed by atoms with E-state index in [0.29, 0.717) is 5.56 Å². The maximum absolute atomic E-state index is 8.89. The Kier molecular flexibility index (Phi) is 1.85. The number of thiophene rings is 1. The molecule has 0 atom stereocenters. The van der Waals surface area contributed by atoms with E-state index >= 15 is 0 Å². The van der Waals surface area contributed by atoms with E-state index in [0.717, 1.165) is 21.2 Å². The molecule has 16 heavy (non-hydrogen) atoms. The maximum Gasteiger partial charge on any atom is 0.0991 e. The van der Waals surface area contributed by atoms with Crippen LogP contribution in [0.25, 0.3) is 20.2 Å². The van der Waals surface area contributed by atoms with Crippen LogP contribution in [0.5, 0.6) is 0 Å². The summed E-state index contributed by atoms with van der Waals surface area (Å²) in [6, 6.07) is 13.8. The van der Waals surface area contributed by atoms with Gasteiger partial charge in [-0.05, 0) is 24.3 Å². The van der Waals surface area contributed by atoms with E-state index in [4.69, 9.17) is 11.0 Å². The van der Waals surface area contributed by atoms with E-state index in [1.807, 2.05) is 36.4 Å². The smallest absolute Gasteiger partial charge is 0.0991 e. The zero-order valence-electron chi connectivity index (χ0n) is 8.40. The van der Waals surface area contributed by atoms with Gasteiger partial charge in [0.25, 0.3) is 0 Å². The number of fused-ring (bicyclic) bond motifs is 3. The Balaban J connectivity index is 2.54. The minimum absolute atomic E-state index is 0.689. The van der Waals surface area contributed by atoms with Crippen LogP contribution in [0.1, 0.15) is 5.56 Å². The monoisotopic (exact) mass is 224 g/mol. The van der Waals surface area contributed by atoms with Crippen molar-refractivity contribution in [3.05, 3.63) is 42.0 Å². The second-order valence-corrected chi connectivity index (χ2v) is 4.70. The number of anilines is 1. The highest BCUT2D eigenvalue weighted by Crippen LogP contribution is 2.37. The van der Waals surface area contributed by atoms with Crippen LogP contribution in [0.4, 0.5) is 5.69 Å². The average Bonchev–Trinajstić information content (AvgIpc) is 2.68. The van der Waals surface area contributed by atoms with Gasteiger partial charge >= 0.3 is 0 Å². The van der Waals surface area contributed by atoms with Gasteiger partial charge in [0, 0.05) is 21.2 Å². The van der Waals surface area contributed by atoms with Gasteiger partial charge < -0.3 is 5.73 Å². The molecule has 2 nitrogen and oxygen atoms in total. The van der Waals surface area contributed by atoms with E-state index in [2.05, 4.69) is 6.07 Å². The lowest BCUT2D eigenvalue weighted by atomic mass is 10.1. The van der Waals surface area contributed by atoms with Gasteiger partial charge in [-0.2, -0.15) is 5.26 Å². The molecule has 0 radical (unpaired) electrons. The van der Waals surface area contributed by atoms with Crippen molar-refractivity contribution < 1.29 is 0 Å². The zero-order valence-corrected chi connectivity index (χ0v) is 9.21. The molecule has 2 N–H and O–H groups in total. The molecule has 1 heterocycles. The molecule has 0 spiro atoms. The third-order valence-electron chi connectivity index (χ3n) is 2.66. The minimum atomic E-state index is 0.689. The van der Waals surface area contributed by atoms with Crippen molar-refractivity contribution >= 4 is 37.2 Å². The van der Waals surface area contributed by atoms with Crippen molar-refractivity contribution in [1.82, 2.24) is 0 Å². The summed E-state index contributed by atoms with van der Waals surface area (Å²) in [7, 11) is 0. The van der Waals surface area contributed by atoms with Gasteiger partial charge in [0.15, 0.2) is 0 Å². The number of nitrogens with two attached hydrogens (primary N) is 1. The zero-order chi connectivity index (χ0) is 11.1. The number of hydrogen-bond donors (Lipinski definition) is 1. The molecule has 76 valence electrons. The number of nitrogen functional groups attached to an aromatic ring is 1. The highest BCUT2D eigenvalue weighted by Gasteiger charge is 2.07. The molecular formula is C13H8N2S. The van der Waals surface area contributed by atoms with E-state index in [1.165, 1.54) is 4.70 Å². The van der Waals surface area contributed by atoms with Crippen LogP contribution in [0.2, 0.25) is 0 Å². The summed E-state index contributed by atoms with van der Waals surface area (Å²) in [5.41, 5.74) is 7.43. The van der Waals surface area contributed by atoms with Gasteiger partial charge in [0.2, 0.25) is 0 Å². The van der Waals surface area contributed by atoms with Crippen molar-refractivity contribution in [2.24, 2.45) is 0 Å². The number of benzene rings is 2. The topological polar surface area (TPSA) is 49.8 Å².